The monoisotopic (exact) mass is 649 g/mol. The van der Waals surface area contributed by atoms with Crippen LogP contribution in [0.5, 0.6) is 0 Å². The molecule has 1 unspecified atom stereocenters. The number of likely N-dealkylation sites (tertiary alicyclic amines) is 1. The Kier molecular flexibility index (Phi) is 16.4. The summed E-state index contributed by atoms with van der Waals surface area (Å²) in [6.45, 7) is 10.1. The van der Waals surface area contributed by atoms with Crippen LogP contribution in [0, 0.1) is 0 Å². The van der Waals surface area contributed by atoms with Crippen LogP contribution in [-0.4, -0.2) is 146 Å². The molecule has 1 heterocycles. The van der Waals surface area contributed by atoms with E-state index in [9.17, 15) is 24.3 Å². The molecule has 0 spiro atoms. The lowest BCUT2D eigenvalue weighted by molar-refractivity contribution is -0.155. The van der Waals surface area contributed by atoms with E-state index in [4.69, 9.17) is 15.2 Å². The molecule has 14 nitrogen and oxygen atoms in total. The molecule has 1 aliphatic heterocycles. The number of alkyl carbamates (subject to hydrolysis) is 1. The number of likely N-dealkylation sites (N-methyl/N-ethyl adjacent to an activating group) is 3. The van der Waals surface area contributed by atoms with Gasteiger partial charge in [-0.15, -0.1) is 0 Å². The Morgan fingerprint density at radius 2 is 1.61 bits per heavy atom. The second kappa shape index (κ2) is 19.4. The number of aliphatic hydroxyl groups is 1. The number of nitrogens with two attached hydrogens (primary N) is 1. The Bertz CT molecular complexity index is 1100. The van der Waals surface area contributed by atoms with Gasteiger partial charge in [0.2, 0.25) is 11.8 Å². The fraction of sp³-hybridized carbons (Fsp3) is 0.688. The van der Waals surface area contributed by atoms with Crippen molar-refractivity contribution in [3.05, 3.63) is 35.9 Å². The first-order chi connectivity index (χ1) is 21.6. The van der Waals surface area contributed by atoms with Crippen LogP contribution in [0.1, 0.15) is 45.6 Å². The van der Waals surface area contributed by atoms with Crippen molar-refractivity contribution in [2.75, 3.05) is 73.5 Å². The summed E-state index contributed by atoms with van der Waals surface area (Å²) in [4.78, 5) is 57.1. The average molecular weight is 650 g/mol. The van der Waals surface area contributed by atoms with Gasteiger partial charge >= 0.3 is 12.1 Å². The second-order valence-electron chi connectivity index (χ2n) is 13.0. The maximum absolute atomic E-state index is 12.9. The highest BCUT2D eigenvalue weighted by molar-refractivity contribution is 5.80. The minimum atomic E-state index is -1.29. The predicted molar refractivity (Wildman–Crippen MR) is 174 cm³/mol. The van der Waals surface area contributed by atoms with Crippen LogP contribution >= 0.6 is 0 Å². The van der Waals surface area contributed by atoms with Gasteiger partial charge in [0.25, 0.3) is 0 Å². The number of aliphatic hydroxyl groups excluding tert-OH is 1. The first kappa shape index (κ1) is 38.9. The van der Waals surface area contributed by atoms with Crippen molar-refractivity contribution in [1.82, 2.24) is 30.2 Å². The fourth-order valence-corrected chi connectivity index (χ4v) is 5.01. The molecule has 1 aromatic carbocycles. The molecule has 1 aromatic rings. The maximum atomic E-state index is 12.9. The fourth-order valence-electron chi connectivity index (χ4n) is 5.01. The molecular weight excluding hydrogens is 594 g/mol. The molecule has 1 fully saturated rings. The number of hydrogen-bond donors (Lipinski definition) is 4. The summed E-state index contributed by atoms with van der Waals surface area (Å²) in [7, 11) is 5.80. The van der Waals surface area contributed by atoms with Gasteiger partial charge in [0.1, 0.15) is 24.5 Å². The lowest BCUT2D eigenvalue weighted by Crippen LogP contribution is -2.57. The van der Waals surface area contributed by atoms with Gasteiger partial charge in [0.15, 0.2) is 0 Å². The summed E-state index contributed by atoms with van der Waals surface area (Å²) in [5.41, 5.74) is 5.77. The van der Waals surface area contributed by atoms with Crippen molar-refractivity contribution in [3.63, 3.8) is 0 Å². The average Bonchev–Trinajstić information content (AvgIpc) is 3.46. The van der Waals surface area contributed by atoms with Gasteiger partial charge in [-0.1, -0.05) is 30.3 Å². The second-order valence-corrected chi connectivity index (χ2v) is 13.0. The van der Waals surface area contributed by atoms with Crippen LogP contribution in [0.25, 0.3) is 0 Å². The Hall–Kier alpha value is -3.30. The zero-order valence-corrected chi connectivity index (χ0v) is 28.4. The molecule has 1 aliphatic rings. The minimum absolute atomic E-state index is 0.0502. The molecule has 3 amide bonds. The van der Waals surface area contributed by atoms with Crippen molar-refractivity contribution in [2.24, 2.45) is 5.73 Å². The first-order valence-corrected chi connectivity index (χ1v) is 15.9. The van der Waals surface area contributed by atoms with Gasteiger partial charge < -0.3 is 40.7 Å². The maximum Gasteiger partial charge on any atom is 0.407 e. The number of benzene rings is 1. The summed E-state index contributed by atoms with van der Waals surface area (Å²) in [5.74, 6) is -1.50. The van der Waals surface area contributed by atoms with Crippen molar-refractivity contribution in [2.45, 2.75) is 70.6 Å². The Morgan fingerprint density at radius 1 is 1.00 bits per heavy atom. The number of ether oxygens (including phenoxy) is 2. The number of nitrogens with zero attached hydrogens (tertiary/aromatic N) is 4. The molecule has 0 aromatic heterocycles. The van der Waals surface area contributed by atoms with Gasteiger partial charge in [0, 0.05) is 45.8 Å². The SMILES string of the molecule is CN(CCNC(=O)OC(C)(C)C)CCN(C)CCN(C)CC(=O)N[C@@H](CC(N)=O)C(O)N1CCC[C@H]1C(=O)OCc1ccccc1. The van der Waals surface area contributed by atoms with Crippen LogP contribution in [-0.2, 0) is 30.5 Å². The summed E-state index contributed by atoms with van der Waals surface area (Å²) in [6, 6.07) is 7.64. The van der Waals surface area contributed by atoms with E-state index in [-0.39, 0.29) is 25.5 Å². The number of rotatable bonds is 19. The standard InChI is InChI=1S/C32H55N7O7/c1-32(2,3)46-31(44)34-14-16-36(4)17-18-37(5)19-20-38(6)22-28(41)35-25(21-27(33)40)29(42)39-15-10-13-26(39)30(43)45-23-24-11-8-7-9-12-24/h7-9,11-12,25-26,29,42H,10,13-23H2,1-6H3,(H2,33,40)(H,34,44)(H,35,41)/t25-,26-,29?/m0/s1. The van der Waals surface area contributed by atoms with E-state index >= 15 is 0 Å². The van der Waals surface area contributed by atoms with Crippen LogP contribution in [0.2, 0.25) is 0 Å². The normalized spacial score (nSPS) is 16.8. The Morgan fingerprint density at radius 3 is 2.22 bits per heavy atom. The van der Waals surface area contributed by atoms with E-state index in [0.29, 0.717) is 45.6 Å². The van der Waals surface area contributed by atoms with Gasteiger partial charge in [-0.3, -0.25) is 24.2 Å². The lowest BCUT2D eigenvalue weighted by atomic mass is 10.1. The van der Waals surface area contributed by atoms with Crippen LogP contribution in [0.4, 0.5) is 4.79 Å². The lowest BCUT2D eigenvalue weighted by Gasteiger charge is -2.34. The molecule has 1 saturated heterocycles. The van der Waals surface area contributed by atoms with Crippen molar-refractivity contribution in [1.29, 1.82) is 0 Å². The van der Waals surface area contributed by atoms with Gasteiger partial charge in [0.05, 0.1) is 19.0 Å². The molecular formula is C32H55N7O7. The van der Waals surface area contributed by atoms with Gasteiger partial charge in [-0.2, -0.15) is 0 Å². The Balaban J connectivity index is 1.76. The molecule has 0 radical (unpaired) electrons. The zero-order valence-electron chi connectivity index (χ0n) is 28.4. The summed E-state index contributed by atoms with van der Waals surface area (Å²) in [5, 5.41) is 16.7. The summed E-state index contributed by atoms with van der Waals surface area (Å²) < 4.78 is 10.7. The summed E-state index contributed by atoms with van der Waals surface area (Å²) in [6.07, 6.45) is -0.839. The molecule has 46 heavy (non-hydrogen) atoms. The quantitative estimate of drug-likeness (QED) is 0.151. The molecule has 14 heteroatoms. The predicted octanol–water partition coefficient (Wildman–Crippen LogP) is 0.193. The molecule has 0 aliphatic carbocycles. The molecule has 0 saturated carbocycles. The van der Waals surface area contributed by atoms with E-state index in [1.165, 1.54) is 0 Å². The Labute approximate surface area is 273 Å². The van der Waals surface area contributed by atoms with Gasteiger partial charge in [-0.05, 0) is 60.3 Å². The third-order valence-corrected chi connectivity index (χ3v) is 7.56. The molecule has 2 rings (SSSR count). The number of nitrogens with one attached hydrogen (secondary N) is 2. The number of amides is 3. The highest BCUT2D eigenvalue weighted by Gasteiger charge is 2.39. The number of hydrogen-bond acceptors (Lipinski definition) is 11. The molecule has 260 valence electrons. The third-order valence-electron chi connectivity index (χ3n) is 7.56. The smallest absolute Gasteiger partial charge is 0.407 e. The molecule has 3 atom stereocenters. The molecule has 0 bridgehead atoms. The largest absolute Gasteiger partial charge is 0.460 e. The first-order valence-electron chi connectivity index (χ1n) is 15.9. The highest BCUT2D eigenvalue weighted by atomic mass is 16.6. The van der Waals surface area contributed by atoms with E-state index in [1.54, 1.807) is 4.90 Å². The zero-order chi connectivity index (χ0) is 34.3. The van der Waals surface area contributed by atoms with E-state index < -0.39 is 41.9 Å². The van der Waals surface area contributed by atoms with Crippen molar-refractivity contribution >= 4 is 23.9 Å². The highest BCUT2D eigenvalue weighted by Crippen LogP contribution is 2.23. The van der Waals surface area contributed by atoms with Crippen LogP contribution < -0.4 is 16.4 Å². The van der Waals surface area contributed by atoms with Crippen LogP contribution in [0.3, 0.4) is 0 Å². The van der Waals surface area contributed by atoms with Crippen molar-refractivity contribution < 1.29 is 33.8 Å². The van der Waals surface area contributed by atoms with E-state index in [2.05, 4.69) is 20.4 Å². The van der Waals surface area contributed by atoms with E-state index in [0.717, 1.165) is 18.7 Å². The summed E-state index contributed by atoms with van der Waals surface area (Å²) >= 11 is 0. The van der Waals surface area contributed by atoms with Crippen molar-refractivity contribution in [3.8, 4) is 0 Å². The molecule has 5 N–H and O–H groups in total. The van der Waals surface area contributed by atoms with E-state index in [1.807, 2.05) is 77.1 Å². The third kappa shape index (κ3) is 15.3. The van der Waals surface area contributed by atoms with Crippen LogP contribution in [0.15, 0.2) is 30.3 Å². The number of esters is 1. The minimum Gasteiger partial charge on any atom is -0.460 e. The topological polar surface area (TPSA) is 170 Å². The number of carbonyl (C=O) groups is 4. The number of primary amides is 1. The number of carbonyl (C=O) groups excluding carboxylic acids is 4. The van der Waals surface area contributed by atoms with Gasteiger partial charge in [-0.25, -0.2) is 4.79 Å².